The number of fused-ring (bicyclic) bond motifs is 4. The van der Waals surface area contributed by atoms with Gasteiger partial charge in [-0.3, -0.25) is 13.7 Å². The van der Waals surface area contributed by atoms with Gasteiger partial charge in [-0.2, -0.15) is 0 Å². The van der Waals surface area contributed by atoms with Crippen molar-refractivity contribution in [2.45, 2.75) is 105 Å². The van der Waals surface area contributed by atoms with Gasteiger partial charge in [0.2, 0.25) is 0 Å². The van der Waals surface area contributed by atoms with Gasteiger partial charge in [0.25, 0.3) is 6.33 Å². The fraction of sp³-hybridized carbons (Fsp3) is 0.211. The molecule has 12 rings (SSSR count). The first kappa shape index (κ1) is 39.0. The van der Waals surface area contributed by atoms with Crippen molar-refractivity contribution in [3.05, 3.63) is 259 Å². The van der Waals surface area contributed by atoms with E-state index in [4.69, 9.17) is 13.8 Å². The molecule has 0 unspecified atom stereocenters. The Morgan fingerprint density at radius 1 is 0.476 bits per heavy atom. The Kier molecular flexibility index (Phi) is 9.71. The predicted molar refractivity (Wildman–Crippen MR) is 346 cm³/mol. The average molecular weight is 1100 g/mol. The zero-order valence-electron chi connectivity index (χ0n) is 63.5. The quantitative estimate of drug-likeness (QED) is 0.0592. The van der Waals surface area contributed by atoms with Crippen molar-refractivity contribution in [3.63, 3.8) is 0 Å². The number of ether oxygens (including phenoxy) is 1. The van der Waals surface area contributed by atoms with Crippen LogP contribution in [0.3, 0.4) is 0 Å². The minimum absolute atomic E-state index is 0.0293. The van der Waals surface area contributed by atoms with Crippen molar-refractivity contribution in [1.29, 1.82) is 0 Å². The molecule has 0 atom stereocenters. The Morgan fingerprint density at radius 2 is 1.01 bits per heavy atom. The fourth-order valence-corrected chi connectivity index (χ4v) is 15.1. The summed E-state index contributed by atoms with van der Waals surface area (Å²) in [6, 6.07) is 30.3. The molecule has 0 N–H and O–H groups in total. The lowest BCUT2D eigenvalue weighted by molar-refractivity contribution is -0.570. The van der Waals surface area contributed by atoms with Crippen molar-refractivity contribution in [1.82, 2.24) is 14.1 Å². The normalized spacial score (nSPS) is 15.2. The van der Waals surface area contributed by atoms with Gasteiger partial charge in [-0.15, -0.1) is 0 Å². The molecule has 0 aliphatic carbocycles. The number of nitrogens with zero attached hydrogens (tertiary/aromatic N) is 4. The van der Waals surface area contributed by atoms with E-state index in [0.29, 0.717) is 44.9 Å². The molecular formula is C76H74N4OSi. The van der Waals surface area contributed by atoms with Crippen molar-refractivity contribution in [3.8, 4) is 39.8 Å². The maximum absolute atomic E-state index is 10.2. The molecule has 3 aromatic heterocycles. The summed E-state index contributed by atoms with van der Waals surface area (Å²) in [4.78, 5) is 4.89. The zero-order valence-corrected chi connectivity index (χ0v) is 49.5. The second kappa shape index (κ2) is 20.4. The Balaban J connectivity index is 1.25. The van der Waals surface area contributed by atoms with E-state index in [-0.39, 0.29) is 16.3 Å². The summed E-state index contributed by atoms with van der Waals surface area (Å²) >= 11 is 0. The third-order valence-electron chi connectivity index (χ3n) is 15.6. The van der Waals surface area contributed by atoms with Gasteiger partial charge in [0.15, 0.2) is 8.07 Å². The fourth-order valence-electron chi connectivity index (χ4n) is 11.1. The van der Waals surface area contributed by atoms with E-state index in [1.807, 2.05) is 123 Å². The number of benzene rings is 9. The minimum atomic E-state index is -5.88. The van der Waals surface area contributed by atoms with E-state index in [0.717, 1.165) is 44.3 Å². The molecule has 0 bridgehead atoms. The number of imidazole rings is 1. The number of pyridine rings is 1. The van der Waals surface area contributed by atoms with Crippen molar-refractivity contribution in [2.75, 3.05) is 0 Å². The van der Waals surface area contributed by atoms with Crippen LogP contribution in [-0.2, 0) is 21.7 Å². The summed E-state index contributed by atoms with van der Waals surface area (Å²) in [5.41, 5.74) is 6.21. The van der Waals surface area contributed by atoms with Gasteiger partial charge >= 0.3 is 0 Å². The van der Waals surface area contributed by atoms with Gasteiger partial charge in [-0.1, -0.05) is 253 Å². The molecule has 0 spiro atoms. The third kappa shape index (κ3) is 9.77. The zero-order chi connectivity index (χ0) is 70.4. The summed E-state index contributed by atoms with van der Waals surface area (Å²) in [5, 5.41) is 0.213. The number of hydrogen-bond donors (Lipinski definition) is 0. The van der Waals surface area contributed by atoms with Gasteiger partial charge in [0.1, 0.15) is 17.3 Å². The second-order valence-electron chi connectivity index (χ2n) is 25.3. The monoisotopic (exact) mass is 1100 g/mol. The van der Waals surface area contributed by atoms with Crippen LogP contribution >= 0.6 is 0 Å². The number of hydrogen-bond acceptors (Lipinski definition) is 2. The lowest BCUT2D eigenvalue weighted by atomic mass is 9.78. The number of rotatable bonds is 10. The average Bonchev–Trinajstić information content (AvgIpc) is 1.01. The molecule has 0 saturated carbocycles. The summed E-state index contributed by atoms with van der Waals surface area (Å²) < 4.78 is 158. The molecule has 0 aliphatic rings. The van der Waals surface area contributed by atoms with Gasteiger partial charge in [0.05, 0.1) is 54.0 Å². The predicted octanol–water partition coefficient (Wildman–Crippen LogP) is 16.2. The second-order valence-corrected chi connectivity index (χ2v) is 28.8. The van der Waals surface area contributed by atoms with E-state index in [9.17, 15) is 16.4 Å². The van der Waals surface area contributed by atoms with Crippen LogP contribution in [0.25, 0.3) is 61.2 Å². The van der Waals surface area contributed by atoms with Crippen LogP contribution in [-0.4, -0.2) is 22.2 Å². The van der Waals surface area contributed by atoms with Gasteiger partial charge in [-0.05, 0) is 124 Å². The molecule has 0 fully saturated rings. The molecular weight excluding hydrogens is 1010 g/mol. The maximum Gasteiger partial charge on any atom is 0.269 e. The van der Waals surface area contributed by atoms with Crippen LogP contribution in [0.2, 0.25) is 0 Å². The molecule has 408 valence electrons. The van der Waals surface area contributed by atoms with Crippen molar-refractivity contribution >= 4 is 61.7 Å². The summed E-state index contributed by atoms with van der Waals surface area (Å²) in [5.74, 6) is 1.74. The van der Waals surface area contributed by atoms with E-state index < -0.39 is 131 Å². The summed E-state index contributed by atoms with van der Waals surface area (Å²) in [7, 11) is -5.88. The molecule has 0 amide bonds. The molecule has 12 aromatic rings. The maximum atomic E-state index is 10.2. The molecule has 5 nitrogen and oxygen atoms in total. The first-order valence-electron chi connectivity index (χ1n) is 35.2. The van der Waals surface area contributed by atoms with Crippen LogP contribution in [0.15, 0.2) is 230 Å². The van der Waals surface area contributed by atoms with Gasteiger partial charge in [-0.25, -0.2) is 4.98 Å². The highest BCUT2D eigenvalue weighted by Gasteiger charge is 2.45. The molecule has 82 heavy (non-hydrogen) atoms. The number of para-hydroxylation sites is 3. The third-order valence-corrected chi connectivity index (χ3v) is 19.8. The van der Waals surface area contributed by atoms with Crippen LogP contribution in [0.4, 0.5) is 0 Å². The highest BCUT2D eigenvalue weighted by molar-refractivity contribution is 7.20. The lowest BCUT2D eigenvalue weighted by Crippen LogP contribution is -2.76. The highest BCUT2D eigenvalue weighted by Crippen LogP contribution is 2.40. The Morgan fingerprint density at radius 3 is 1.61 bits per heavy atom. The lowest BCUT2D eigenvalue weighted by Gasteiger charge is -2.38. The van der Waals surface area contributed by atoms with Crippen LogP contribution in [0.1, 0.15) is 126 Å². The first-order valence-corrected chi connectivity index (χ1v) is 29.7. The van der Waals surface area contributed by atoms with Crippen LogP contribution < -0.4 is 30.1 Å². The topological polar surface area (TPSA) is 35.9 Å². The molecule has 9 aromatic carbocycles. The molecule has 6 heteroatoms. The van der Waals surface area contributed by atoms with Gasteiger partial charge < -0.3 is 4.74 Å². The van der Waals surface area contributed by atoms with Crippen molar-refractivity contribution in [2.24, 2.45) is 0 Å². The molecule has 0 radical (unpaired) electrons. The molecule has 0 saturated heterocycles. The summed E-state index contributed by atoms with van der Waals surface area (Å²) in [6.07, 6.45) is 5.53. The largest absolute Gasteiger partial charge is 0.458 e. The van der Waals surface area contributed by atoms with Crippen molar-refractivity contribution < 1.29 is 29.9 Å². The van der Waals surface area contributed by atoms with E-state index in [1.165, 1.54) is 0 Å². The smallest absolute Gasteiger partial charge is 0.269 e. The van der Waals surface area contributed by atoms with Gasteiger partial charge in [0, 0.05) is 23.0 Å². The van der Waals surface area contributed by atoms with E-state index in [2.05, 4.69) is 110 Å². The Labute approximate surface area is 507 Å². The minimum Gasteiger partial charge on any atom is -0.458 e. The van der Waals surface area contributed by atoms with E-state index >= 15 is 0 Å². The van der Waals surface area contributed by atoms with E-state index in [1.54, 1.807) is 10.6 Å². The standard InChI is InChI=1S/C76H74N4OSi/c1-73(2,3)53-41-42-77-71(48-53)80-66-36-23-22-35-63(66)64-40-39-59(50-69(64)80)81-58-28-26-27-57(49-58)78-51-79(68-38-25-24-37-67(68)78)72-65(52-43-54(74(4,5)6)45-55(44-52)75(7,8)9)46-56(76(10,11)12)47-70(72)82(60-29-16-13-17-30-60,61-31-18-14-19-32-61)62-33-20-15-21-34-62/h13-50H,1-12H3/i13D,14D,15D,16D,17D,18D,19D,20D,21D,29D,30D,31D,32D,33D,34D. The SMILES string of the molecule is [2H]c1c([2H])c([2H])c([Si](c2cc(C(C)(C)C)cc(-c3cc(C(C)(C)C)cc(C(C)(C)C)c3)c2-[n+]2[c-]n(-c3cccc(Oc4ccc5c6ccccc6n(-c6cc(C(C)(C)C)ccn6)c5c4)c3)c3ccccc32)(c2c([2H])c([2H])c([2H])c([2H])c2[2H])c2c([2H])c([2H])c([2H])c([2H])c2[2H])c([2H])c1[2H]. The molecule has 0 aliphatic heterocycles. The summed E-state index contributed by atoms with van der Waals surface area (Å²) in [6.45, 7) is 24.9. The Bertz CT molecular complexity index is 4990. The first-order chi connectivity index (χ1) is 45.4. The van der Waals surface area contributed by atoms with Crippen LogP contribution in [0, 0.1) is 6.33 Å². The Hall–Kier alpha value is -8.58. The van der Waals surface area contributed by atoms with Crippen LogP contribution in [0.5, 0.6) is 11.5 Å². The highest BCUT2D eigenvalue weighted by atomic mass is 28.3. The molecule has 3 heterocycles. The number of aromatic nitrogens is 4.